The summed E-state index contributed by atoms with van der Waals surface area (Å²) < 4.78 is 18.0. The first kappa shape index (κ1) is 25.7. The number of benzene rings is 2. The van der Waals surface area contributed by atoms with Crippen LogP contribution in [0.1, 0.15) is 24.5 Å². The first-order valence-electron chi connectivity index (χ1n) is 11.3. The number of rotatable bonds is 10. The molecule has 0 aliphatic carbocycles. The van der Waals surface area contributed by atoms with Crippen LogP contribution in [-0.2, 0) is 11.2 Å². The first-order chi connectivity index (χ1) is 17.4. The third kappa shape index (κ3) is 5.55. The summed E-state index contributed by atoms with van der Waals surface area (Å²) in [5.74, 6) is 1.30. The summed E-state index contributed by atoms with van der Waals surface area (Å²) >= 11 is 4.85. The van der Waals surface area contributed by atoms with Gasteiger partial charge in [0.2, 0.25) is 5.17 Å². The lowest BCUT2D eigenvalue weighted by Crippen LogP contribution is -2.35. The van der Waals surface area contributed by atoms with Gasteiger partial charge in [-0.3, -0.25) is 10.2 Å². The Balaban J connectivity index is 1.48. The number of amides is 1. The van der Waals surface area contributed by atoms with Crippen LogP contribution in [0.3, 0.4) is 0 Å². The number of amidine groups is 2. The van der Waals surface area contributed by atoms with E-state index in [1.165, 1.54) is 16.8 Å². The second-order valence-electron chi connectivity index (χ2n) is 7.70. The van der Waals surface area contributed by atoms with Gasteiger partial charge in [-0.2, -0.15) is 15.1 Å². The van der Waals surface area contributed by atoms with E-state index in [4.69, 9.17) is 19.6 Å². The van der Waals surface area contributed by atoms with Gasteiger partial charge in [0, 0.05) is 0 Å². The Hall–Kier alpha value is -3.37. The van der Waals surface area contributed by atoms with Gasteiger partial charge >= 0.3 is 0 Å². The van der Waals surface area contributed by atoms with Crippen molar-refractivity contribution in [3.05, 3.63) is 70.2 Å². The van der Waals surface area contributed by atoms with E-state index < -0.39 is 5.91 Å². The maximum Gasteiger partial charge on any atom is 0.283 e. The van der Waals surface area contributed by atoms with E-state index in [2.05, 4.69) is 32.6 Å². The summed E-state index contributed by atoms with van der Waals surface area (Å²) in [6, 6.07) is 11.4. The lowest BCUT2D eigenvalue weighted by Gasteiger charge is -2.20. The molecule has 2 heterocycles. The molecule has 0 radical (unpaired) electrons. The molecule has 1 amide bonds. The summed E-state index contributed by atoms with van der Waals surface area (Å²) in [7, 11) is 1.54. The fraction of sp³-hybridized carbons (Fsp3) is 0.231. The Morgan fingerprint density at radius 1 is 1.19 bits per heavy atom. The monoisotopic (exact) mass is 568 g/mol. The summed E-state index contributed by atoms with van der Waals surface area (Å²) in [5, 5.41) is 15.5. The lowest BCUT2D eigenvalue weighted by molar-refractivity contribution is -0.114. The fourth-order valence-electron chi connectivity index (χ4n) is 3.57. The summed E-state index contributed by atoms with van der Waals surface area (Å²) in [5.41, 5.74) is 1.86. The van der Waals surface area contributed by atoms with Gasteiger partial charge in [-0.15, -0.1) is 6.58 Å². The molecule has 0 spiro atoms. The zero-order chi connectivity index (χ0) is 25.7. The largest absolute Gasteiger partial charge is 0.493 e. The number of methoxy groups -OCH3 is 1. The molecule has 0 saturated heterocycles. The zero-order valence-corrected chi connectivity index (χ0v) is 22.3. The number of thioether (sulfide) groups is 1. The van der Waals surface area contributed by atoms with E-state index in [1.807, 2.05) is 37.3 Å². The number of aliphatic imine (C=N–C) groups is 1. The predicted octanol–water partition coefficient (Wildman–Crippen LogP) is 5.67. The minimum absolute atomic E-state index is 0.00903. The Morgan fingerprint density at radius 2 is 1.97 bits per heavy atom. The van der Waals surface area contributed by atoms with Crippen LogP contribution in [-0.4, -0.2) is 47.3 Å². The topological polar surface area (TPSA) is 96.6 Å². The van der Waals surface area contributed by atoms with E-state index in [9.17, 15) is 4.79 Å². The number of hydrogen-bond acceptors (Lipinski definition) is 7. The Labute approximate surface area is 222 Å². The number of allylic oxidation sites excluding steroid dienone is 1. The molecule has 2 aliphatic rings. The third-order valence-corrected chi connectivity index (χ3v) is 6.93. The molecule has 8 nitrogen and oxygen atoms in total. The van der Waals surface area contributed by atoms with Gasteiger partial charge in [0.25, 0.3) is 5.91 Å². The van der Waals surface area contributed by atoms with Gasteiger partial charge in [-0.1, -0.05) is 31.2 Å². The van der Waals surface area contributed by atoms with Crippen LogP contribution in [0, 0.1) is 5.41 Å². The van der Waals surface area contributed by atoms with Crippen LogP contribution in [0.25, 0.3) is 6.08 Å². The van der Waals surface area contributed by atoms with Gasteiger partial charge in [0.05, 0.1) is 17.2 Å². The van der Waals surface area contributed by atoms with Crippen LogP contribution in [0.15, 0.2) is 69.2 Å². The normalized spacial score (nSPS) is 16.0. The number of fused-ring (bicyclic) bond motifs is 1. The Bertz CT molecular complexity index is 1300. The molecule has 0 aromatic heterocycles. The number of para-hydroxylation sites is 1. The highest BCUT2D eigenvalue weighted by molar-refractivity contribution is 9.10. The maximum atomic E-state index is 12.6. The number of nitrogens with one attached hydrogen (secondary N) is 1. The van der Waals surface area contributed by atoms with Crippen molar-refractivity contribution in [2.75, 3.05) is 20.3 Å². The fourth-order valence-corrected chi connectivity index (χ4v) is 4.97. The van der Waals surface area contributed by atoms with E-state index in [0.717, 1.165) is 22.8 Å². The van der Waals surface area contributed by atoms with Crippen LogP contribution >= 0.6 is 27.7 Å². The molecule has 10 heteroatoms. The molecule has 0 saturated carbocycles. The molecule has 2 aromatic carbocycles. The van der Waals surface area contributed by atoms with E-state index in [1.54, 1.807) is 25.3 Å². The van der Waals surface area contributed by atoms with Crippen molar-refractivity contribution in [3.63, 3.8) is 0 Å². The molecule has 0 unspecified atom stereocenters. The highest BCUT2D eigenvalue weighted by Gasteiger charge is 2.35. The second kappa shape index (κ2) is 11.6. The molecular weight excluding hydrogens is 544 g/mol. The first-order valence-corrected chi connectivity index (χ1v) is 12.9. The summed E-state index contributed by atoms with van der Waals surface area (Å²) in [4.78, 5) is 16.7. The Kier molecular flexibility index (Phi) is 8.27. The highest BCUT2D eigenvalue weighted by atomic mass is 79.9. The molecule has 4 rings (SSSR count). The molecule has 186 valence electrons. The SMILES string of the molecule is C=CCc1ccccc1OCCOc1c(Br)cc(/C=C2/C(=N)N3N=C(CC)SC3=NC2=O)cc1OC. The smallest absolute Gasteiger partial charge is 0.283 e. The van der Waals surface area contributed by atoms with Crippen LogP contribution in [0.5, 0.6) is 17.2 Å². The van der Waals surface area contributed by atoms with Crippen LogP contribution < -0.4 is 14.2 Å². The molecule has 2 aromatic rings. The number of hydrazone groups is 1. The van der Waals surface area contributed by atoms with Gasteiger partial charge in [-0.25, -0.2) is 0 Å². The molecular formula is C26H25BrN4O4S. The average molecular weight is 569 g/mol. The third-order valence-electron chi connectivity index (χ3n) is 5.29. The molecule has 36 heavy (non-hydrogen) atoms. The van der Waals surface area contributed by atoms with Gasteiger partial charge in [-0.05, 0) is 75.9 Å². The Morgan fingerprint density at radius 3 is 2.72 bits per heavy atom. The van der Waals surface area contributed by atoms with Crippen molar-refractivity contribution in [2.24, 2.45) is 10.1 Å². The summed E-state index contributed by atoms with van der Waals surface area (Å²) in [6.45, 7) is 6.39. The summed E-state index contributed by atoms with van der Waals surface area (Å²) in [6.07, 6.45) is 4.87. The van der Waals surface area contributed by atoms with Gasteiger partial charge < -0.3 is 14.2 Å². The second-order valence-corrected chi connectivity index (χ2v) is 9.59. The van der Waals surface area contributed by atoms with Crippen molar-refractivity contribution in [1.29, 1.82) is 5.41 Å². The van der Waals surface area contributed by atoms with E-state index >= 15 is 0 Å². The minimum atomic E-state index is -0.476. The van der Waals surface area contributed by atoms with Gasteiger partial charge in [0.15, 0.2) is 17.3 Å². The molecule has 0 fully saturated rings. The van der Waals surface area contributed by atoms with E-state index in [-0.39, 0.29) is 11.4 Å². The van der Waals surface area contributed by atoms with Crippen molar-refractivity contribution in [3.8, 4) is 17.2 Å². The number of ether oxygens (including phenoxy) is 3. The molecule has 0 bridgehead atoms. The van der Waals surface area contributed by atoms with Crippen molar-refractivity contribution in [1.82, 2.24) is 5.01 Å². The standard InChI is InChI=1S/C26H25BrN4O4S/c1-4-8-17-9-6-7-10-20(17)34-11-12-35-23-19(27)14-16(15-21(23)33-3)13-18-24(28)31-26(29-25(18)32)36-22(5-2)30-31/h4,6-7,9-10,13-15,28H,1,5,8,11-12H2,2-3H3/b18-13-,28-24?. The van der Waals surface area contributed by atoms with E-state index in [0.29, 0.717) is 46.3 Å². The number of carbonyl (C=O) groups excluding carboxylic acids is 1. The highest BCUT2D eigenvalue weighted by Crippen LogP contribution is 2.38. The van der Waals surface area contributed by atoms with Crippen molar-refractivity contribution in [2.45, 2.75) is 19.8 Å². The maximum absolute atomic E-state index is 12.6. The molecule has 0 atom stereocenters. The van der Waals surface area contributed by atoms with Crippen molar-refractivity contribution < 1.29 is 19.0 Å². The molecule has 1 N–H and O–H groups in total. The van der Waals surface area contributed by atoms with Crippen molar-refractivity contribution >= 4 is 55.7 Å². The minimum Gasteiger partial charge on any atom is -0.493 e. The molecule has 2 aliphatic heterocycles. The van der Waals surface area contributed by atoms with Crippen LogP contribution in [0.2, 0.25) is 0 Å². The zero-order valence-electron chi connectivity index (χ0n) is 19.9. The lowest BCUT2D eigenvalue weighted by atomic mass is 10.1. The number of carbonyl (C=O) groups is 1. The predicted molar refractivity (Wildman–Crippen MR) is 147 cm³/mol. The van der Waals surface area contributed by atoms with Crippen LogP contribution in [0.4, 0.5) is 0 Å². The van der Waals surface area contributed by atoms with Gasteiger partial charge in [0.1, 0.15) is 24.0 Å². The number of hydrogen-bond donors (Lipinski definition) is 1. The number of nitrogens with zero attached hydrogens (tertiary/aromatic N) is 3. The quantitative estimate of drug-likeness (QED) is 0.225. The number of halogens is 1. The average Bonchev–Trinajstić information content (AvgIpc) is 3.29.